The number of primary sulfonamides is 1. The monoisotopic (exact) mass is 566 g/mol. The quantitative estimate of drug-likeness (QED) is 0.149. The summed E-state index contributed by atoms with van der Waals surface area (Å²) >= 11 is 0. The molecule has 0 aliphatic carbocycles. The van der Waals surface area contributed by atoms with Crippen LogP contribution in [0.5, 0.6) is 11.5 Å². The Morgan fingerprint density at radius 3 is 2.03 bits per heavy atom. The second-order valence-electron chi connectivity index (χ2n) is 6.80. The summed E-state index contributed by atoms with van der Waals surface area (Å²) in [6, 6.07) is 14.0. The van der Waals surface area contributed by atoms with E-state index in [1.807, 2.05) is 0 Å². The van der Waals surface area contributed by atoms with Crippen LogP contribution < -0.4 is 34.7 Å². The van der Waals surface area contributed by atoms with Crippen LogP contribution >= 0.6 is 0 Å². The molecule has 0 aromatic heterocycles. The molecule has 0 heterocycles. The van der Waals surface area contributed by atoms with E-state index in [2.05, 4.69) is 10.2 Å². The van der Waals surface area contributed by atoms with Gasteiger partial charge in [-0.2, -0.15) is 8.42 Å². The Morgan fingerprint density at radius 1 is 0.800 bits per heavy atom. The first-order valence-electron chi connectivity index (χ1n) is 8.90. The minimum Gasteiger partial charge on any atom is -0.506 e. The van der Waals surface area contributed by atoms with Crippen molar-refractivity contribution in [1.29, 1.82) is 0 Å². The van der Waals surface area contributed by atoms with Gasteiger partial charge in [-0.1, -0.05) is 42.5 Å². The van der Waals surface area contributed by atoms with Crippen LogP contribution in [0.1, 0.15) is 0 Å². The van der Waals surface area contributed by atoms with Gasteiger partial charge in [0.15, 0.2) is 5.75 Å². The Labute approximate surface area is 232 Å². The van der Waals surface area contributed by atoms with Crippen molar-refractivity contribution in [1.82, 2.24) is 0 Å². The largest absolute Gasteiger partial charge is 1.00 e. The average Bonchev–Trinajstić information content (AvgIpc) is 2.72. The fourth-order valence-electron chi connectivity index (χ4n) is 3.37. The zero-order valence-corrected chi connectivity index (χ0v) is 22.9. The topological polar surface area (TPSA) is 211 Å². The number of nitrogens with two attached hydrogens (primary N) is 1. The van der Waals surface area contributed by atoms with Crippen LogP contribution in [0.25, 0.3) is 21.5 Å². The maximum Gasteiger partial charge on any atom is 1.00 e. The van der Waals surface area contributed by atoms with E-state index in [9.17, 15) is 31.6 Å². The van der Waals surface area contributed by atoms with E-state index in [0.29, 0.717) is 5.39 Å². The van der Waals surface area contributed by atoms with Gasteiger partial charge in [-0.05, 0) is 17.5 Å². The predicted molar refractivity (Wildman–Crippen MR) is 120 cm³/mol. The third kappa shape index (κ3) is 6.01. The number of phenols is 2. The number of azo groups is 1. The number of benzene rings is 4. The van der Waals surface area contributed by atoms with Crippen LogP contribution in [0.4, 0.5) is 11.4 Å². The third-order valence-corrected chi connectivity index (χ3v) is 6.61. The molecule has 0 atom stereocenters. The van der Waals surface area contributed by atoms with Gasteiger partial charge in [-0.25, -0.2) is 13.6 Å². The Hall–Kier alpha value is -2.09. The second kappa shape index (κ2) is 11.3. The molecule has 15 heteroatoms. The third-order valence-electron chi connectivity index (χ3n) is 4.76. The molecule has 11 nitrogen and oxygen atoms in total. The van der Waals surface area contributed by atoms with E-state index in [0.717, 1.165) is 6.07 Å². The van der Waals surface area contributed by atoms with Gasteiger partial charge >= 0.3 is 29.6 Å². The molecule has 0 amide bonds. The number of nitrogens with zero attached hydrogens (tertiary/aromatic N) is 2. The van der Waals surface area contributed by atoms with Crippen LogP contribution in [0.3, 0.4) is 0 Å². The van der Waals surface area contributed by atoms with E-state index in [1.54, 1.807) is 18.2 Å². The molecular weight excluding hydrogens is 549 g/mol. The van der Waals surface area contributed by atoms with Crippen LogP contribution in [-0.4, -0.2) is 37.1 Å². The van der Waals surface area contributed by atoms with Crippen LogP contribution in [0, 0.1) is 0 Å². The molecule has 4 aromatic carbocycles. The van der Waals surface area contributed by atoms with Gasteiger partial charge in [0.25, 0.3) is 10.1 Å². The first-order valence-corrected chi connectivity index (χ1v) is 11.9. The maximum absolute atomic E-state index is 11.9. The molecule has 0 aliphatic heterocycles. The fourth-order valence-corrected chi connectivity index (χ4v) is 4.85. The molecule has 0 spiro atoms. The summed E-state index contributed by atoms with van der Waals surface area (Å²) in [5.74, 6) is -1.07. The molecule has 0 saturated heterocycles. The van der Waals surface area contributed by atoms with Gasteiger partial charge in [0.2, 0.25) is 10.0 Å². The summed E-state index contributed by atoms with van der Waals surface area (Å²) in [6.45, 7) is 0. The van der Waals surface area contributed by atoms with Crippen molar-refractivity contribution in [3.63, 3.8) is 0 Å². The minimum absolute atomic E-state index is 0. The van der Waals surface area contributed by atoms with Gasteiger partial charge in [0.05, 0.1) is 4.90 Å². The molecule has 35 heavy (non-hydrogen) atoms. The molecule has 7 N–H and O–H groups in total. The van der Waals surface area contributed by atoms with Gasteiger partial charge in [-0.15, -0.1) is 10.2 Å². The SMILES string of the molecule is NS(=O)(=O)c1cccc2ccc(N=Nc3c(O)cc(S(=O)(=O)O)c4ccccc34)c(O)c12.O.[Cr].[Na+]. The molecule has 0 fully saturated rings. The number of hydrogen-bond acceptors (Lipinski definition) is 8. The van der Waals surface area contributed by atoms with Gasteiger partial charge in [-0.3, -0.25) is 4.55 Å². The van der Waals surface area contributed by atoms with Crippen molar-refractivity contribution in [2.24, 2.45) is 15.4 Å². The zero-order chi connectivity index (χ0) is 23.3. The molecule has 178 valence electrons. The summed E-state index contributed by atoms with van der Waals surface area (Å²) in [5, 5.41) is 34.7. The van der Waals surface area contributed by atoms with Gasteiger partial charge < -0.3 is 15.7 Å². The standard InChI is InChI=1S/C20H15N3O7S2.Cr.Na.H2O/c21-31(26,27)16-7-3-4-11-8-9-14(20(25)18(11)16)22-23-19-13-6-2-1-5-12(13)17(10-15(19)24)32(28,29)30;;;/h1-10,24-25H,(H2,21,26,27)(H,28,29,30);;;1H2/q;;+1;. The number of rotatable bonds is 4. The van der Waals surface area contributed by atoms with Crippen LogP contribution in [-0.2, 0) is 37.5 Å². The Balaban J connectivity index is 0.00000204. The normalized spacial score (nSPS) is 11.6. The van der Waals surface area contributed by atoms with Crippen molar-refractivity contribution in [2.45, 2.75) is 9.79 Å². The molecule has 0 aliphatic rings. The van der Waals surface area contributed by atoms with Crippen molar-refractivity contribution in [3.8, 4) is 11.5 Å². The zero-order valence-electron chi connectivity index (χ0n) is 17.9. The molecule has 4 aromatic rings. The summed E-state index contributed by atoms with van der Waals surface area (Å²) < 4.78 is 56.6. The molecule has 0 bridgehead atoms. The number of phenolic OH excluding ortho intramolecular Hbond substituents is 2. The van der Waals surface area contributed by atoms with E-state index >= 15 is 0 Å². The van der Waals surface area contributed by atoms with Crippen molar-refractivity contribution in [2.75, 3.05) is 0 Å². The van der Waals surface area contributed by atoms with E-state index in [-0.39, 0.29) is 84.8 Å². The summed E-state index contributed by atoms with van der Waals surface area (Å²) in [6.07, 6.45) is 0. The Bertz CT molecular complexity index is 1660. The summed E-state index contributed by atoms with van der Waals surface area (Å²) in [4.78, 5) is -0.800. The predicted octanol–water partition coefficient (Wildman–Crippen LogP) is -0.109. The number of aromatic hydroxyl groups is 2. The number of sulfonamides is 1. The maximum atomic E-state index is 11.9. The van der Waals surface area contributed by atoms with Crippen molar-refractivity contribution >= 4 is 53.1 Å². The van der Waals surface area contributed by atoms with Crippen molar-refractivity contribution < 1.29 is 84.0 Å². The van der Waals surface area contributed by atoms with E-state index in [4.69, 9.17) is 5.14 Å². The number of hydrogen-bond donors (Lipinski definition) is 4. The molecule has 4 rings (SSSR count). The average molecular weight is 566 g/mol. The molecule has 0 radical (unpaired) electrons. The van der Waals surface area contributed by atoms with Crippen molar-refractivity contribution in [3.05, 3.63) is 60.7 Å². The van der Waals surface area contributed by atoms with Gasteiger partial charge in [0, 0.05) is 39.6 Å². The molecular formula is C20H17CrN3NaO8S2+. The first kappa shape index (κ1) is 30.9. The summed E-state index contributed by atoms with van der Waals surface area (Å²) in [7, 11) is -8.77. The summed E-state index contributed by atoms with van der Waals surface area (Å²) in [5.41, 5.74) is -0.233. The fraction of sp³-hybridized carbons (Fsp3) is 0. The van der Waals surface area contributed by atoms with Crippen LogP contribution in [0.2, 0.25) is 0 Å². The Morgan fingerprint density at radius 2 is 1.43 bits per heavy atom. The van der Waals surface area contributed by atoms with E-state index in [1.165, 1.54) is 36.4 Å². The molecule has 0 saturated carbocycles. The van der Waals surface area contributed by atoms with Gasteiger partial charge in [0.1, 0.15) is 22.0 Å². The number of fused-ring (bicyclic) bond motifs is 2. The molecule has 0 unspecified atom stereocenters. The second-order valence-corrected chi connectivity index (χ2v) is 9.72. The minimum atomic E-state index is -4.63. The van der Waals surface area contributed by atoms with Crippen LogP contribution in [0.15, 0.2) is 80.7 Å². The first-order chi connectivity index (χ1) is 15.0. The Kier molecular flexibility index (Phi) is 10.0. The van der Waals surface area contributed by atoms with E-state index < -0.39 is 36.5 Å². The smallest absolute Gasteiger partial charge is 0.506 e.